The fraction of sp³-hybridized carbons (Fsp3) is 0.133. The van der Waals surface area contributed by atoms with E-state index in [9.17, 15) is 5.26 Å². The van der Waals surface area contributed by atoms with E-state index in [1.807, 2.05) is 44.2 Å². The van der Waals surface area contributed by atoms with Crippen LogP contribution in [0.2, 0.25) is 0 Å². The Morgan fingerprint density at radius 3 is 2.70 bits per heavy atom. The van der Waals surface area contributed by atoms with Gasteiger partial charge in [0.2, 0.25) is 0 Å². The van der Waals surface area contributed by atoms with Gasteiger partial charge in [-0.2, -0.15) is 5.26 Å². The molecule has 0 saturated carbocycles. The van der Waals surface area contributed by atoms with E-state index in [-0.39, 0.29) is 0 Å². The van der Waals surface area contributed by atoms with Gasteiger partial charge in [-0.1, -0.05) is 18.2 Å². The Morgan fingerprint density at radius 2 is 2.00 bits per heavy atom. The van der Waals surface area contributed by atoms with Crippen LogP contribution in [0, 0.1) is 25.2 Å². The van der Waals surface area contributed by atoms with E-state index in [1.54, 1.807) is 0 Å². The Balaban J connectivity index is 2.08. The third-order valence-corrected chi connectivity index (χ3v) is 3.86. The second kappa shape index (κ2) is 4.99. The highest BCUT2D eigenvalue weighted by atomic mass is 32.2. The molecule has 3 aromatic rings. The summed E-state index contributed by atoms with van der Waals surface area (Å²) in [7, 11) is 0. The highest BCUT2D eigenvalue weighted by Crippen LogP contribution is 2.31. The maximum atomic E-state index is 9.26. The van der Waals surface area contributed by atoms with Gasteiger partial charge in [-0.3, -0.25) is 0 Å². The zero-order valence-electron chi connectivity index (χ0n) is 11.0. The molecule has 1 aromatic carbocycles. The Bertz CT molecular complexity index is 813. The molecular formula is C15H11N3OS. The van der Waals surface area contributed by atoms with Crippen molar-refractivity contribution >= 4 is 22.7 Å². The number of nitrogens with zero attached hydrogens (tertiary/aromatic N) is 3. The molecule has 0 aliphatic heterocycles. The summed E-state index contributed by atoms with van der Waals surface area (Å²) in [4.78, 5) is 8.83. The van der Waals surface area contributed by atoms with Gasteiger partial charge in [0.1, 0.15) is 16.9 Å². The Kier molecular flexibility index (Phi) is 3.17. The summed E-state index contributed by atoms with van der Waals surface area (Å²) in [5.41, 5.74) is 2.24. The molecule has 20 heavy (non-hydrogen) atoms. The van der Waals surface area contributed by atoms with Crippen molar-refractivity contribution < 1.29 is 4.42 Å². The van der Waals surface area contributed by atoms with Gasteiger partial charge in [0, 0.05) is 5.39 Å². The molecule has 0 atom stereocenters. The largest absolute Gasteiger partial charge is 0.436 e. The number of nitriles is 1. The topological polar surface area (TPSA) is 62.7 Å². The van der Waals surface area contributed by atoms with Crippen molar-refractivity contribution in [2.24, 2.45) is 0 Å². The van der Waals surface area contributed by atoms with Gasteiger partial charge in [-0.25, -0.2) is 9.97 Å². The number of hydrogen-bond donors (Lipinski definition) is 0. The van der Waals surface area contributed by atoms with Gasteiger partial charge in [0.05, 0.1) is 16.8 Å². The van der Waals surface area contributed by atoms with Crippen LogP contribution in [0.15, 0.2) is 45.0 Å². The van der Waals surface area contributed by atoms with E-state index in [1.165, 1.54) is 11.8 Å². The van der Waals surface area contributed by atoms with Crippen LogP contribution < -0.4 is 0 Å². The van der Waals surface area contributed by atoms with Crippen LogP contribution in [0.4, 0.5) is 0 Å². The maximum absolute atomic E-state index is 9.26. The molecule has 0 bridgehead atoms. The van der Waals surface area contributed by atoms with Crippen LogP contribution in [0.3, 0.4) is 0 Å². The fourth-order valence-corrected chi connectivity index (χ4v) is 2.70. The minimum absolute atomic E-state index is 0.513. The first-order chi connectivity index (χ1) is 9.67. The molecule has 98 valence electrons. The lowest BCUT2D eigenvalue weighted by molar-refractivity contribution is 0.431. The molecule has 0 aliphatic carbocycles. The highest BCUT2D eigenvalue weighted by Gasteiger charge is 2.13. The molecule has 2 heterocycles. The zero-order chi connectivity index (χ0) is 14.1. The third-order valence-electron chi connectivity index (χ3n) is 3.00. The predicted molar refractivity (Wildman–Crippen MR) is 76.6 cm³/mol. The van der Waals surface area contributed by atoms with Crippen molar-refractivity contribution in [1.29, 1.82) is 5.26 Å². The van der Waals surface area contributed by atoms with Crippen LogP contribution in [0.1, 0.15) is 17.0 Å². The van der Waals surface area contributed by atoms with Gasteiger partial charge in [-0.05, 0) is 37.7 Å². The minimum atomic E-state index is 0.513. The zero-order valence-corrected chi connectivity index (χ0v) is 11.9. The molecule has 0 saturated heterocycles. The number of hydrogen-bond acceptors (Lipinski definition) is 5. The van der Waals surface area contributed by atoms with E-state index in [0.717, 1.165) is 22.4 Å². The molecule has 0 amide bonds. The van der Waals surface area contributed by atoms with Crippen LogP contribution in [-0.2, 0) is 0 Å². The smallest absolute Gasteiger partial charge is 0.262 e. The van der Waals surface area contributed by atoms with Crippen LogP contribution in [-0.4, -0.2) is 9.97 Å². The number of fused-ring (bicyclic) bond motifs is 1. The quantitative estimate of drug-likeness (QED) is 0.713. The molecule has 2 aromatic heterocycles. The number of benzene rings is 1. The van der Waals surface area contributed by atoms with Gasteiger partial charge < -0.3 is 4.42 Å². The predicted octanol–water partition coefficient (Wildman–Crippen LogP) is 3.86. The van der Waals surface area contributed by atoms with Crippen molar-refractivity contribution in [2.45, 2.75) is 24.1 Å². The SMILES string of the molecule is Cc1nc(Sc2nc3ccccc3cc2C#N)oc1C. The van der Waals surface area contributed by atoms with Crippen molar-refractivity contribution in [3.63, 3.8) is 0 Å². The molecule has 0 N–H and O–H groups in total. The fourth-order valence-electron chi connectivity index (χ4n) is 1.83. The first-order valence-electron chi connectivity index (χ1n) is 6.09. The molecule has 4 nitrogen and oxygen atoms in total. The van der Waals surface area contributed by atoms with Crippen molar-refractivity contribution in [3.05, 3.63) is 47.3 Å². The number of aryl methyl sites for hydroxylation is 2. The Hall–Kier alpha value is -2.32. The number of aromatic nitrogens is 2. The summed E-state index contributed by atoms with van der Waals surface area (Å²) >= 11 is 1.28. The van der Waals surface area contributed by atoms with Crippen molar-refractivity contribution in [1.82, 2.24) is 9.97 Å². The van der Waals surface area contributed by atoms with Gasteiger partial charge >= 0.3 is 0 Å². The minimum Gasteiger partial charge on any atom is -0.436 e. The molecular weight excluding hydrogens is 270 g/mol. The number of para-hydroxylation sites is 1. The van der Waals surface area contributed by atoms with E-state index in [2.05, 4.69) is 16.0 Å². The summed E-state index contributed by atoms with van der Waals surface area (Å²) in [6.45, 7) is 3.76. The van der Waals surface area contributed by atoms with E-state index < -0.39 is 0 Å². The molecule has 0 radical (unpaired) electrons. The monoisotopic (exact) mass is 281 g/mol. The summed E-state index contributed by atoms with van der Waals surface area (Å²) in [5, 5.41) is 11.3. The normalized spacial score (nSPS) is 10.7. The maximum Gasteiger partial charge on any atom is 0.262 e. The lowest BCUT2D eigenvalue weighted by Crippen LogP contribution is -1.89. The standard InChI is InChI=1S/C15H11N3OS/c1-9-10(2)19-15(17-9)20-14-12(8-16)7-11-5-3-4-6-13(11)18-14/h3-7H,1-2H3. The molecule has 0 unspecified atom stereocenters. The van der Waals surface area contributed by atoms with Crippen molar-refractivity contribution in [3.8, 4) is 6.07 Å². The third kappa shape index (κ3) is 2.26. The Morgan fingerprint density at radius 1 is 1.20 bits per heavy atom. The second-order valence-corrected chi connectivity index (χ2v) is 5.31. The summed E-state index contributed by atoms with van der Waals surface area (Å²) in [5.74, 6) is 0.784. The van der Waals surface area contributed by atoms with Gasteiger partial charge in [0.25, 0.3) is 5.22 Å². The molecule has 0 aliphatic rings. The molecule has 3 rings (SSSR count). The van der Waals surface area contributed by atoms with Crippen LogP contribution in [0.25, 0.3) is 10.9 Å². The van der Waals surface area contributed by atoms with Crippen LogP contribution in [0.5, 0.6) is 0 Å². The summed E-state index contributed by atoms with van der Waals surface area (Å²) < 4.78 is 5.53. The first-order valence-corrected chi connectivity index (χ1v) is 6.91. The van der Waals surface area contributed by atoms with Crippen molar-refractivity contribution in [2.75, 3.05) is 0 Å². The average Bonchev–Trinajstić information content (AvgIpc) is 2.76. The number of pyridine rings is 1. The van der Waals surface area contributed by atoms with E-state index in [0.29, 0.717) is 15.8 Å². The molecule has 0 spiro atoms. The highest BCUT2D eigenvalue weighted by molar-refractivity contribution is 7.99. The molecule has 5 heteroatoms. The molecule has 0 fully saturated rings. The number of rotatable bonds is 2. The lowest BCUT2D eigenvalue weighted by Gasteiger charge is -2.03. The average molecular weight is 281 g/mol. The second-order valence-electron chi connectivity index (χ2n) is 4.37. The van der Waals surface area contributed by atoms with Gasteiger partial charge in [-0.15, -0.1) is 0 Å². The van der Waals surface area contributed by atoms with E-state index in [4.69, 9.17) is 4.42 Å². The van der Waals surface area contributed by atoms with Gasteiger partial charge in [0.15, 0.2) is 0 Å². The summed E-state index contributed by atoms with van der Waals surface area (Å²) in [6, 6.07) is 11.7. The summed E-state index contributed by atoms with van der Waals surface area (Å²) in [6.07, 6.45) is 0. The first kappa shape index (κ1) is 12.7. The lowest BCUT2D eigenvalue weighted by atomic mass is 10.2. The van der Waals surface area contributed by atoms with E-state index >= 15 is 0 Å². The number of oxazole rings is 1. The Labute approximate surface area is 120 Å². The van der Waals surface area contributed by atoms with Crippen LogP contribution >= 0.6 is 11.8 Å².